The predicted octanol–water partition coefficient (Wildman–Crippen LogP) is 3.27. The number of benzene rings is 1. The maximum absolute atomic E-state index is 14.0. The Morgan fingerprint density at radius 2 is 1.93 bits per heavy atom. The number of nitrogens with zero attached hydrogens (tertiary/aromatic N) is 4. The zero-order chi connectivity index (χ0) is 19.5. The third-order valence-electron chi connectivity index (χ3n) is 4.85. The van der Waals surface area contributed by atoms with Crippen molar-refractivity contribution in [3.05, 3.63) is 76.7 Å². The molecule has 3 aromatic rings. The Kier molecular flexibility index (Phi) is 5.45. The number of hydrogen-bond donors (Lipinski definition) is 0. The average Bonchev–Trinajstić information content (AvgIpc) is 3.37. The van der Waals surface area contributed by atoms with Gasteiger partial charge in [0.15, 0.2) is 5.76 Å². The standard InChI is InChI=1S/C20H20ClFN4O2/c21-17-3-1-4-18(22)16(17)14-24-9-11-25(12-10-24)20(27)19-6-5-15(28-19)13-26-8-2-7-23-26/h1-8H,9-14H2. The lowest BCUT2D eigenvalue weighted by atomic mass is 10.1. The van der Waals surface area contributed by atoms with E-state index in [9.17, 15) is 9.18 Å². The number of piperazine rings is 1. The van der Waals surface area contributed by atoms with Gasteiger partial charge in [0, 0.05) is 55.7 Å². The first kappa shape index (κ1) is 18.7. The van der Waals surface area contributed by atoms with Gasteiger partial charge in [-0.15, -0.1) is 0 Å². The van der Waals surface area contributed by atoms with Crippen molar-refractivity contribution < 1.29 is 13.6 Å². The fourth-order valence-electron chi connectivity index (χ4n) is 3.30. The molecule has 8 heteroatoms. The van der Waals surface area contributed by atoms with Gasteiger partial charge in [-0.2, -0.15) is 5.10 Å². The highest BCUT2D eigenvalue weighted by atomic mass is 35.5. The summed E-state index contributed by atoms with van der Waals surface area (Å²) in [6, 6.07) is 10.0. The highest BCUT2D eigenvalue weighted by Crippen LogP contribution is 2.22. The first-order valence-electron chi connectivity index (χ1n) is 9.11. The van der Waals surface area contributed by atoms with Gasteiger partial charge in [-0.05, 0) is 30.3 Å². The van der Waals surface area contributed by atoms with Gasteiger partial charge in [0.25, 0.3) is 5.91 Å². The van der Waals surface area contributed by atoms with Crippen LogP contribution in [0, 0.1) is 5.82 Å². The molecule has 1 saturated heterocycles. The minimum absolute atomic E-state index is 0.129. The second-order valence-corrected chi connectivity index (χ2v) is 7.15. The minimum Gasteiger partial charge on any atom is -0.454 e. The van der Waals surface area contributed by atoms with E-state index >= 15 is 0 Å². The summed E-state index contributed by atoms with van der Waals surface area (Å²) in [5.41, 5.74) is 0.498. The van der Waals surface area contributed by atoms with Crippen LogP contribution in [0.3, 0.4) is 0 Å². The molecule has 0 spiro atoms. The van der Waals surface area contributed by atoms with E-state index in [2.05, 4.69) is 10.00 Å². The Balaban J connectivity index is 1.33. The number of carbonyl (C=O) groups excluding carboxylic acids is 1. The first-order chi connectivity index (χ1) is 13.6. The normalized spacial score (nSPS) is 15.1. The van der Waals surface area contributed by atoms with E-state index in [0.717, 1.165) is 0 Å². The Morgan fingerprint density at radius 1 is 1.11 bits per heavy atom. The predicted molar refractivity (Wildman–Crippen MR) is 103 cm³/mol. The smallest absolute Gasteiger partial charge is 0.289 e. The fourth-order valence-corrected chi connectivity index (χ4v) is 3.53. The molecule has 1 aliphatic rings. The third kappa shape index (κ3) is 4.10. The maximum Gasteiger partial charge on any atom is 0.289 e. The van der Waals surface area contributed by atoms with Crippen molar-refractivity contribution in [2.45, 2.75) is 13.1 Å². The van der Waals surface area contributed by atoms with Crippen LogP contribution in [0.1, 0.15) is 21.9 Å². The van der Waals surface area contributed by atoms with Crippen LogP contribution in [0.15, 0.2) is 53.2 Å². The molecule has 1 aliphatic heterocycles. The van der Waals surface area contributed by atoms with Crippen molar-refractivity contribution in [2.24, 2.45) is 0 Å². The summed E-state index contributed by atoms with van der Waals surface area (Å²) >= 11 is 6.11. The van der Waals surface area contributed by atoms with Crippen molar-refractivity contribution in [1.29, 1.82) is 0 Å². The van der Waals surface area contributed by atoms with E-state index < -0.39 is 0 Å². The summed E-state index contributed by atoms with van der Waals surface area (Å²) in [5, 5.41) is 4.56. The first-order valence-corrected chi connectivity index (χ1v) is 9.48. The van der Waals surface area contributed by atoms with Gasteiger partial charge >= 0.3 is 0 Å². The molecule has 4 rings (SSSR count). The van der Waals surface area contributed by atoms with Crippen LogP contribution in [0.4, 0.5) is 4.39 Å². The summed E-state index contributed by atoms with van der Waals surface area (Å²) < 4.78 is 21.4. The fraction of sp³-hybridized carbons (Fsp3) is 0.300. The third-order valence-corrected chi connectivity index (χ3v) is 5.21. The van der Waals surface area contributed by atoms with Gasteiger partial charge in [-0.25, -0.2) is 4.39 Å². The highest BCUT2D eigenvalue weighted by Gasteiger charge is 2.25. The van der Waals surface area contributed by atoms with Gasteiger partial charge in [-0.3, -0.25) is 14.4 Å². The van der Waals surface area contributed by atoms with Crippen molar-refractivity contribution in [1.82, 2.24) is 19.6 Å². The number of rotatable bonds is 5. The lowest BCUT2D eigenvalue weighted by Crippen LogP contribution is -2.48. The number of aromatic nitrogens is 2. The Hall–Kier alpha value is -2.64. The maximum atomic E-state index is 14.0. The molecule has 0 aliphatic carbocycles. The molecule has 0 atom stereocenters. The van der Waals surface area contributed by atoms with Crippen LogP contribution < -0.4 is 0 Å². The topological polar surface area (TPSA) is 54.5 Å². The summed E-state index contributed by atoms with van der Waals surface area (Å²) in [4.78, 5) is 16.6. The SMILES string of the molecule is O=C(c1ccc(Cn2cccn2)o1)N1CCN(Cc2c(F)cccc2Cl)CC1. The summed E-state index contributed by atoms with van der Waals surface area (Å²) in [6.45, 7) is 3.33. The molecule has 0 unspecified atom stereocenters. The van der Waals surface area contributed by atoms with Crippen LogP contribution in [-0.4, -0.2) is 51.7 Å². The molecule has 0 radical (unpaired) electrons. The van der Waals surface area contributed by atoms with Crippen LogP contribution in [0.2, 0.25) is 5.02 Å². The van der Waals surface area contributed by atoms with Gasteiger partial charge in [0.1, 0.15) is 11.6 Å². The van der Waals surface area contributed by atoms with Crippen LogP contribution in [0.25, 0.3) is 0 Å². The average molecular weight is 403 g/mol. The monoisotopic (exact) mass is 402 g/mol. The van der Waals surface area contributed by atoms with Crippen molar-refractivity contribution in [3.8, 4) is 0 Å². The van der Waals surface area contributed by atoms with Crippen molar-refractivity contribution in [3.63, 3.8) is 0 Å². The molecule has 146 valence electrons. The number of hydrogen-bond acceptors (Lipinski definition) is 4. The zero-order valence-electron chi connectivity index (χ0n) is 15.2. The molecule has 0 saturated carbocycles. The second kappa shape index (κ2) is 8.16. The lowest BCUT2D eigenvalue weighted by Gasteiger charge is -2.34. The van der Waals surface area contributed by atoms with Gasteiger partial charge in [0.05, 0.1) is 6.54 Å². The molecule has 0 N–H and O–H groups in total. The van der Waals surface area contributed by atoms with Crippen LogP contribution in [-0.2, 0) is 13.1 Å². The number of carbonyl (C=O) groups is 1. The molecule has 1 fully saturated rings. The summed E-state index contributed by atoms with van der Waals surface area (Å²) in [6.07, 6.45) is 3.54. The molecule has 1 aromatic carbocycles. The molecule has 1 amide bonds. The lowest BCUT2D eigenvalue weighted by molar-refractivity contribution is 0.0594. The van der Waals surface area contributed by atoms with Gasteiger partial charge in [0.2, 0.25) is 0 Å². The highest BCUT2D eigenvalue weighted by molar-refractivity contribution is 6.31. The zero-order valence-corrected chi connectivity index (χ0v) is 16.0. The number of amides is 1. The molecule has 2 aromatic heterocycles. The van der Waals surface area contributed by atoms with E-state index in [1.54, 1.807) is 40.0 Å². The van der Waals surface area contributed by atoms with E-state index in [0.29, 0.717) is 61.4 Å². The van der Waals surface area contributed by atoms with Crippen LogP contribution in [0.5, 0.6) is 0 Å². The summed E-state index contributed by atoms with van der Waals surface area (Å²) in [7, 11) is 0. The van der Waals surface area contributed by atoms with E-state index in [4.69, 9.17) is 16.0 Å². The second-order valence-electron chi connectivity index (χ2n) is 6.74. The Labute approximate surface area is 167 Å². The largest absolute Gasteiger partial charge is 0.454 e. The van der Waals surface area contributed by atoms with E-state index in [1.165, 1.54) is 6.07 Å². The van der Waals surface area contributed by atoms with E-state index in [-0.39, 0.29) is 11.7 Å². The molecular formula is C20H20ClFN4O2. The Bertz CT molecular complexity index is 929. The Morgan fingerprint density at radius 3 is 2.64 bits per heavy atom. The van der Waals surface area contributed by atoms with Gasteiger partial charge in [-0.1, -0.05) is 17.7 Å². The minimum atomic E-state index is -0.300. The summed E-state index contributed by atoms with van der Waals surface area (Å²) in [5.74, 6) is 0.578. The number of furan rings is 1. The van der Waals surface area contributed by atoms with Crippen molar-refractivity contribution >= 4 is 17.5 Å². The molecule has 0 bridgehead atoms. The van der Waals surface area contributed by atoms with Crippen molar-refractivity contribution in [2.75, 3.05) is 26.2 Å². The molecule has 28 heavy (non-hydrogen) atoms. The molecule has 6 nitrogen and oxygen atoms in total. The number of halogens is 2. The van der Waals surface area contributed by atoms with Gasteiger partial charge < -0.3 is 9.32 Å². The quantitative estimate of drug-likeness (QED) is 0.657. The molecular weight excluding hydrogens is 383 g/mol. The van der Waals surface area contributed by atoms with E-state index in [1.807, 2.05) is 12.3 Å². The van der Waals surface area contributed by atoms with Crippen LogP contribution >= 0.6 is 11.6 Å². The molecule has 3 heterocycles.